The molecule has 0 aromatic heterocycles. The second-order valence-corrected chi connectivity index (χ2v) is 6.94. The molecule has 0 atom stereocenters. The summed E-state index contributed by atoms with van der Waals surface area (Å²) in [6.07, 6.45) is 1.72. The Labute approximate surface area is 167 Å². The predicted molar refractivity (Wildman–Crippen MR) is 111 cm³/mol. The van der Waals surface area contributed by atoms with E-state index in [0.717, 1.165) is 12.2 Å². The van der Waals surface area contributed by atoms with Crippen LogP contribution in [0.2, 0.25) is 0 Å². The highest BCUT2D eigenvalue weighted by atomic mass is 16.5. The van der Waals surface area contributed by atoms with Crippen LogP contribution < -0.4 is 10.1 Å². The van der Waals surface area contributed by atoms with Gasteiger partial charge < -0.3 is 14.8 Å². The minimum absolute atomic E-state index is 0.113. The maximum Gasteiger partial charge on any atom is 0.338 e. The summed E-state index contributed by atoms with van der Waals surface area (Å²) in [5, 5.41) is 2.81. The van der Waals surface area contributed by atoms with Crippen molar-refractivity contribution < 1.29 is 19.1 Å². The quantitative estimate of drug-likeness (QED) is 0.454. The molecule has 0 heterocycles. The molecule has 2 rings (SSSR count). The van der Waals surface area contributed by atoms with Gasteiger partial charge in [-0.15, -0.1) is 0 Å². The number of amides is 1. The molecule has 1 N–H and O–H groups in total. The van der Waals surface area contributed by atoms with Gasteiger partial charge in [0.15, 0.2) is 0 Å². The lowest BCUT2D eigenvalue weighted by atomic mass is 10.0. The zero-order valence-corrected chi connectivity index (χ0v) is 16.9. The van der Waals surface area contributed by atoms with Gasteiger partial charge >= 0.3 is 5.97 Å². The van der Waals surface area contributed by atoms with Gasteiger partial charge in [-0.2, -0.15) is 0 Å². The number of carbonyl (C=O) groups excluding carboxylic acids is 2. The van der Waals surface area contributed by atoms with Crippen molar-refractivity contribution >= 4 is 17.6 Å². The fourth-order valence-electron chi connectivity index (χ4n) is 2.60. The summed E-state index contributed by atoms with van der Waals surface area (Å²) in [6, 6.07) is 14.8. The highest BCUT2D eigenvalue weighted by Gasteiger charge is 2.09. The second-order valence-electron chi connectivity index (χ2n) is 6.94. The fourth-order valence-corrected chi connectivity index (χ4v) is 2.60. The predicted octanol–water partition coefficient (Wildman–Crippen LogP) is 5.17. The molecule has 5 heteroatoms. The van der Waals surface area contributed by atoms with Crippen LogP contribution in [0.1, 0.15) is 61.9 Å². The number of hydrogen-bond donors (Lipinski definition) is 1. The monoisotopic (exact) mass is 383 g/mol. The lowest BCUT2D eigenvalue weighted by Crippen LogP contribution is -2.13. The lowest BCUT2D eigenvalue weighted by Gasteiger charge is -2.10. The number of benzene rings is 2. The summed E-state index contributed by atoms with van der Waals surface area (Å²) < 4.78 is 10.8. The van der Waals surface area contributed by atoms with Crippen molar-refractivity contribution in [1.29, 1.82) is 0 Å². The van der Waals surface area contributed by atoms with Crippen molar-refractivity contribution in [3.63, 3.8) is 0 Å². The van der Waals surface area contributed by atoms with Crippen LogP contribution in [0, 0.1) is 0 Å². The third kappa shape index (κ3) is 7.06. The van der Waals surface area contributed by atoms with Crippen molar-refractivity contribution in [2.45, 2.75) is 46.0 Å². The minimum Gasteiger partial charge on any atom is -0.494 e. The number of nitrogens with one attached hydrogen (secondary N) is 1. The van der Waals surface area contributed by atoms with Crippen LogP contribution >= 0.6 is 0 Å². The van der Waals surface area contributed by atoms with Crippen LogP contribution in [-0.4, -0.2) is 25.1 Å². The normalized spacial score (nSPS) is 10.6. The van der Waals surface area contributed by atoms with Crippen LogP contribution in [-0.2, 0) is 9.53 Å². The molecule has 0 fully saturated rings. The molecule has 1 amide bonds. The van der Waals surface area contributed by atoms with E-state index in [2.05, 4.69) is 31.3 Å². The molecule has 0 bridgehead atoms. The molecule has 5 nitrogen and oxygen atoms in total. The van der Waals surface area contributed by atoms with Crippen molar-refractivity contribution in [2.24, 2.45) is 0 Å². The number of esters is 1. The molecule has 0 aliphatic heterocycles. The molecule has 150 valence electrons. The van der Waals surface area contributed by atoms with Gasteiger partial charge in [0.1, 0.15) is 5.75 Å². The SMILES string of the molecule is CCCOC(=O)c1cccc(NC(=O)CCCOc2ccc(C(C)C)cc2)c1. The topological polar surface area (TPSA) is 64.6 Å². The van der Waals surface area contributed by atoms with Gasteiger partial charge in [-0.3, -0.25) is 4.79 Å². The highest BCUT2D eigenvalue weighted by Crippen LogP contribution is 2.19. The molecule has 0 spiro atoms. The van der Waals surface area contributed by atoms with Crippen LogP contribution in [0.15, 0.2) is 48.5 Å². The second kappa shape index (κ2) is 11.1. The number of anilines is 1. The Hall–Kier alpha value is -2.82. The third-order valence-corrected chi connectivity index (χ3v) is 4.18. The van der Waals surface area contributed by atoms with Crippen LogP contribution in [0.25, 0.3) is 0 Å². The Bertz CT molecular complexity index is 768. The lowest BCUT2D eigenvalue weighted by molar-refractivity contribution is -0.116. The largest absolute Gasteiger partial charge is 0.494 e. The molecule has 2 aromatic rings. The summed E-state index contributed by atoms with van der Waals surface area (Å²) in [7, 11) is 0. The van der Waals surface area contributed by atoms with E-state index >= 15 is 0 Å². The van der Waals surface area contributed by atoms with E-state index in [1.54, 1.807) is 24.3 Å². The van der Waals surface area contributed by atoms with E-state index in [-0.39, 0.29) is 11.9 Å². The van der Waals surface area contributed by atoms with Gasteiger partial charge in [0, 0.05) is 12.1 Å². The van der Waals surface area contributed by atoms with Crippen LogP contribution in [0.4, 0.5) is 5.69 Å². The molecule has 28 heavy (non-hydrogen) atoms. The van der Waals surface area contributed by atoms with Crippen LogP contribution in [0.3, 0.4) is 0 Å². The molecule has 0 saturated heterocycles. The molecule has 0 unspecified atom stereocenters. The molecule has 0 aliphatic carbocycles. The van der Waals surface area contributed by atoms with Gasteiger partial charge in [0.2, 0.25) is 5.91 Å². The average molecular weight is 383 g/mol. The van der Waals surface area contributed by atoms with E-state index in [1.807, 2.05) is 19.1 Å². The average Bonchev–Trinajstić information content (AvgIpc) is 2.70. The molecular formula is C23H29NO4. The van der Waals surface area contributed by atoms with Gasteiger partial charge in [-0.05, 0) is 54.7 Å². The van der Waals surface area contributed by atoms with E-state index in [9.17, 15) is 9.59 Å². The Morgan fingerprint density at radius 3 is 2.46 bits per heavy atom. The van der Waals surface area contributed by atoms with Crippen molar-refractivity contribution in [2.75, 3.05) is 18.5 Å². The van der Waals surface area contributed by atoms with Crippen molar-refractivity contribution in [1.82, 2.24) is 0 Å². The van der Waals surface area contributed by atoms with E-state index < -0.39 is 0 Å². The number of hydrogen-bond acceptors (Lipinski definition) is 4. The standard InChI is InChI=1S/C23H29NO4/c1-4-14-28-23(26)19-7-5-8-20(16-19)24-22(25)9-6-15-27-21-12-10-18(11-13-21)17(2)3/h5,7-8,10-13,16-17H,4,6,9,14-15H2,1-3H3,(H,24,25). The van der Waals surface area contributed by atoms with E-state index in [1.165, 1.54) is 5.56 Å². The maximum atomic E-state index is 12.1. The summed E-state index contributed by atoms with van der Waals surface area (Å²) in [5.74, 6) is 0.806. The first-order valence-corrected chi connectivity index (χ1v) is 9.79. The van der Waals surface area contributed by atoms with Gasteiger partial charge in [0.05, 0.1) is 18.8 Å². The smallest absolute Gasteiger partial charge is 0.338 e. The molecule has 2 aromatic carbocycles. The Morgan fingerprint density at radius 2 is 1.79 bits per heavy atom. The van der Waals surface area contributed by atoms with Gasteiger partial charge in [-0.1, -0.05) is 39.0 Å². The summed E-state index contributed by atoms with van der Waals surface area (Å²) in [4.78, 5) is 24.0. The summed E-state index contributed by atoms with van der Waals surface area (Å²) in [5.41, 5.74) is 2.29. The number of ether oxygens (including phenoxy) is 2. The zero-order valence-electron chi connectivity index (χ0n) is 16.9. The molecule has 0 saturated carbocycles. The molecule has 0 radical (unpaired) electrons. The Balaban J connectivity index is 1.74. The summed E-state index contributed by atoms with van der Waals surface area (Å²) >= 11 is 0. The number of rotatable bonds is 10. The van der Waals surface area contributed by atoms with Crippen molar-refractivity contribution in [3.8, 4) is 5.75 Å². The van der Waals surface area contributed by atoms with Gasteiger partial charge in [0.25, 0.3) is 0 Å². The summed E-state index contributed by atoms with van der Waals surface area (Å²) in [6.45, 7) is 7.10. The molecular weight excluding hydrogens is 354 g/mol. The first-order chi connectivity index (χ1) is 13.5. The zero-order chi connectivity index (χ0) is 20.4. The minimum atomic E-state index is -0.380. The fraction of sp³-hybridized carbons (Fsp3) is 0.391. The molecule has 0 aliphatic rings. The van der Waals surface area contributed by atoms with Gasteiger partial charge in [-0.25, -0.2) is 4.79 Å². The van der Waals surface area contributed by atoms with Crippen LogP contribution in [0.5, 0.6) is 5.75 Å². The first kappa shape index (κ1) is 21.5. The Kier molecular flexibility index (Phi) is 8.53. The van der Waals surface area contributed by atoms with E-state index in [0.29, 0.717) is 43.2 Å². The number of carbonyl (C=O) groups is 2. The Morgan fingerprint density at radius 1 is 1.04 bits per heavy atom. The highest BCUT2D eigenvalue weighted by molar-refractivity contribution is 5.94. The third-order valence-electron chi connectivity index (χ3n) is 4.18. The first-order valence-electron chi connectivity index (χ1n) is 9.79. The maximum absolute atomic E-state index is 12.1. The van der Waals surface area contributed by atoms with E-state index in [4.69, 9.17) is 9.47 Å². The van der Waals surface area contributed by atoms with Crippen molar-refractivity contribution in [3.05, 3.63) is 59.7 Å².